The summed E-state index contributed by atoms with van der Waals surface area (Å²) in [7, 11) is 0. The summed E-state index contributed by atoms with van der Waals surface area (Å²) in [6.45, 7) is 0.622. The SMILES string of the molecule is O=C(NCCCCO)c1ccc(Cl)nc1Cl. The van der Waals surface area contributed by atoms with Gasteiger partial charge in [0.2, 0.25) is 0 Å². The lowest BCUT2D eigenvalue weighted by Crippen LogP contribution is -2.25. The van der Waals surface area contributed by atoms with E-state index in [9.17, 15) is 4.79 Å². The quantitative estimate of drug-likeness (QED) is 0.630. The molecule has 0 spiro atoms. The highest BCUT2D eigenvalue weighted by Crippen LogP contribution is 2.16. The number of aliphatic hydroxyl groups is 1. The zero-order chi connectivity index (χ0) is 12.0. The number of pyridine rings is 1. The Kier molecular flexibility index (Phi) is 5.52. The molecule has 0 aliphatic heterocycles. The molecular formula is C10H12Cl2N2O2. The van der Waals surface area contributed by atoms with E-state index in [0.29, 0.717) is 18.5 Å². The minimum atomic E-state index is -0.285. The van der Waals surface area contributed by atoms with Crippen molar-refractivity contribution in [2.24, 2.45) is 0 Å². The zero-order valence-corrected chi connectivity index (χ0v) is 10.1. The van der Waals surface area contributed by atoms with Crippen molar-refractivity contribution >= 4 is 29.1 Å². The maximum absolute atomic E-state index is 11.6. The molecule has 1 rings (SSSR count). The molecule has 1 aromatic rings. The fourth-order valence-corrected chi connectivity index (χ4v) is 1.55. The lowest BCUT2D eigenvalue weighted by molar-refractivity contribution is 0.0952. The van der Waals surface area contributed by atoms with Crippen LogP contribution in [0.1, 0.15) is 23.2 Å². The first-order chi connectivity index (χ1) is 7.65. The first-order valence-electron chi connectivity index (χ1n) is 4.86. The van der Waals surface area contributed by atoms with Crippen LogP contribution >= 0.6 is 23.2 Å². The number of nitrogens with one attached hydrogen (secondary N) is 1. The van der Waals surface area contributed by atoms with Crippen molar-refractivity contribution in [3.05, 3.63) is 28.0 Å². The first-order valence-corrected chi connectivity index (χ1v) is 5.62. The number of rotatable bonds is 5. The molecule has 0 bridgehead atoms. The summed E-state index contributed by atoms with van der Waals surface area (Å²) in [6, 6.07) is 3.04. The summed E-state index contributed by atoms with van der Waals surface area (Å²) in [5, 5.41) is 11.6. The van der Waals surface area contributed by atoms with Crippen molar-refractivity contribution in [3.63, 3.8) is 0 Å². The van der Waals surface area contributed by atoms with Gasteiger partial charge >= 0.3 is 0 Å². The highest BCUT2D eigenvalue weighted by atomic mass is 35.5. The zero-order valence-electron chi connectivity index (χ0n) is 8.54. The number of aliphatic hydroxyl groups excluding tert-OH is 1. The van der Waals surface area contributed by atoms with E-state index in [-0.39, 0.29) is 22.8 Å². The van der Waals surface area contributed by atoms with Crippen LogP contribution in [0, 0.1) is 0 Å². The molecule has 1 amide bonds. The molecule has 0 atom stereocenters. The van der Waals surface area contributed by atoms with Gasteiger partial charge in [0.05, 0.1) is 5.56 Å². The molecule has 6 heteroatoms. The third-order valence-corrected chi connectivity index (χ3v) is 2.43. The normalized spacial score (nSPS) is 10.2. The molecule has 1 heterocycles. The number of aromatic nitrogens is 1. The molecule has 0 aliphatic rings. The second-order valence-corrected chi connectivity index (χ2v) is 3.90. The molecule has 0 radical (unpaired) electrons. The number of carbonyl (C=O) groups excluding carboxylic acids is 1. The van der Waals surface area contributed by atoms with Gasteiger partial charge in [0.1, 0.15) is 10.3 Å². The van der Waals surface area contributed by atoms with E-state index in [4.69, 9.17) is 28.3 Å². The van der Waals surface area contributed by atoms with Crippen LogP contribution < -0.4 is 5.32 Å². The summed E-state index contributed by atoms with van der Waals surface area (Å²) >= 11 is 11.4. The van der Waals surface area contributed by atoms with Crippen molar-refractivity contribution in [1.29, 1.82) is 0 Å². The lowest BCUT2D eigenvalue weighted by Gasteiger charge is -2.05. The van der Waals surface area contributed by atoms with Gasteiger partial charge in [-0.2, -0.15) is 0 Å². The average molecular weight is 263 g/mol. The van der Waals surface area contributed by atoms with E-state index >= 15 is 0 Å². The smallest absolute Gasteiger partial charge is 0.254 e. The number of carbonyl (C=O) groups is 1. The number of unbranched alkanes of at least 4 members (excludes halogenated alkanes) is 1. The number of hydrogen-bond donors (Lipinski definition) is 2. The summed E-state index contributed by atoms with van der Waals surface area (Å²) in [5.41, 5.74) is 0.301. The second kappa shape index (κ2) is 6.68. The van der Waals surface area contributed by atoms with E-state index in [1.54, 1.807) is 0 Å². The van der Waals surface area contributed by atoms with Crippen molar-refractivity contribution < 1.29 is 9.90 Å². The van der Waals surface area contributed by atoms with Gasteiger partial charge in [0.25, 0.3) is 5.91 Å². The van der Waals surface area contributed by atoms with E-state index in [1.807, 2.05) is 0 Å². The van der Waals surface area contributed by atoms with Gasteiger partial charge in [0.15, 0.2) is 0 Å². The Labute approximate surface area is 104 Å². The van der Waals surface area contributed by atoms with Crippen LogP contribution in [-0.2, 0) is 0 Å². The largest absolute Gasteiger partial charge is 0.396 e. The van der Waals surface area contributed by atoms with Gasteiger partial charge in [0, 0.05) is 13.2 Å². The first kappa shape index (κ1) is 13.2. The summed E-state index contributed by atoms with van der Waals surface area (Å²) < 4.78 is 0. The van der Waals surface area contributed by atoms with Gasteiger partial charge in [-0.1, -0.05) is 23.2 Å². The third-order valence-electron chi connectivity index (χ3n) is 1.93. The summed E-state index contributed by atoms with van der Waals surface area (Å²) in [4.78, 5) is 15.4. The molecule has 0 unspecified atom stereocenters. The van der Waals surface area contributed by atoms with Crippen LogP contribution in [0.4, 0.5) is 0 Å². The molecule has 1 aromatic heterocycles. The van der Waals surface area contributed by atoms with Crippen LogP contribution in [-0.4, -0.2) is 29.1 Å². The van der Waals surface area contributed by atoms with Gasteiger partial charge < -0.3 is 10.4 Å². The average Bonchev–Trinajstić information content (AvgIpc) is 2.24. The monoisotopic (exact) mass is 262 g/mol. The number of amides is 1. The Hall–Kier alpha value is -0.840. The van der Waals surface area contributed by atoms with Crippen LogP contribution in [0.3, 0.4) is 0 Å². The van der Waals surface area contributed by atoms with E-state index < -0.39 is 0 Å². The van der Waals surface area contributed by atoms with E-state index in [0.717, 1.165) is 6.42 Å². The van der Waals surface area contributed by atoms with E-state index in [2.05, 4.69) is 10.3 Å². The molecule has 0 saturated carbocycles. The fraction of sp³-hybridized carbons (Fsp3) is 0.400. The van der Waals surface area contributed by atoms with Crippen molar-refractivity contribution in [2.45, 2.75) is 12.8 Å². The molecule has 0 saturated heterocycles. The highest BCUT2D eigenvalue weighted by molar-refractivity contribution is 6.34. The molecule has 0 aliphatic carbocycles. The molecule has 0 aromatic carbocycles. The predicted octanol–water partition coefficient (Wildman–Crippen LogP) is 1.89. The maximum atomic E-state index is 11.6. The Morgan fingerprint density at radius 2 is 2.12 bits per heavy atom. The maximum Gasteiger partial charge on any atom is 0.254 e. The minimum absolute atomic E-state index is 0.0900. The van der Waals surface area contributed by atoms with Crippen LogP contribution in [0.2, 0.25) is 10.3 Å². The molecule has 0 fully saturated rings. The van der Waals surface area contributed by atoms with Gasteiger partial charge in [-0.15, -0.1) is 0 Å². The molecule has 88 valence electrons. The van der Waals surface area contributed by atoms with Gasteiger partial charge in [-0.05, 0) is 25.0 Å². The number of halogens is 2. The lowest BCUT2D eigenvalue weighted by atomic mass is 10.2. The van der Waals surface area contributed by atoms with Crippen LogP contribution in [0.25, 0.3) is 0 Å². The van der Waals surface area contributed by atoms with Gasteiger partial charge in [-0.25, -0.2) is 4.98 Å². The summed E-state index contributed by atoms with van der Waals surface area (Å²) in [5.74, 6) is -0.285. The predicted molar refractivity (Wildman–Crippen MR) is 62.9 cm³/mol. The van der Waals surface area contributed by atoms with Crippen molar-refractivity contribution in [2.75, 3.05) is 13.2 Å². The third kappa shape index (κ3) is 3.96. The Morgan fingerprint density at radius 3 is 2.75 bits per heavy atom. The van der Waals surface area contributed by atoms with E-state index in [1.165, 1.54) is 12.1 Å². The molecule has 4 nitrogen and oxygen atoms in total. The van der Waals surface area contributed by atoms with Gasteiger partial charge in [-0.3, -0.25) is 4.79 Å². The van der Waals surface area contributed by atoms with Crippen molar-refractivity contribution in [3.8, 4) is 0 Å². The van der Waals surface area contributed by atoms with Crippen molar-refractivity contribution in [1.82, 2.24) is 10.3 Å². The fourth-order valence-electron chi connectivity index (χ4n) is 1.12. The Morgan fingerprint density at radius 1 is 1.38 bits per heavy atom. The second-order valence-electron chi connectivity index (χ2n) is 3.16. The summed E-state index contributed by atoms with van der Waals surface area (Å²) in [6.07, 6.45) is 1.38. The molecule has 16 heavy (non-hydrogen) atoms. The Balaban J connectivity index is 2.53. The topological polar surface area (TPSA) is 62.2 Å². The minimum Gasteiger partial charge on any atom is -0.396 e. The Bertz CT molecular complexity index is 372. The molecular weight excluding hydrogens is 251 g/mol. The van der Waals surface area contributed by atoms with Crippen LogP contribution in [0.5, 0.6) is 0 Å². The highest BCUT2D eigenvalue weighted by Gasteiger charge is 2.10. The van der Waals surface area contributed by atoms with Crippen LogP contribution in [0.15, 0.2) is 12.1 Å². The standard InChI is InChI=1S/C10H12Cl2N2O2/c11-8-4-3-7(9(12)14-8)10(16)13-5-1-2-6-15/h3-4,15H,1-2,5-6H2,(H,13,16). The number of hydrogen-bond acceptors (Lipinski definition) is 3. The molecule has 2 N–H and O–H groups in total. The number of nitrogens with zero attached hydrogens (tertiary/aromatic N) is 1.